The van der Waals surface area contributed by atoms with Gasteiger partial charge in [0.1, 0.15) is 5.75 Å². The van der Waals surface area contributed by atoms with Crippen LogP contribution in [0.1, 0.15) is 11.1 Å². The molecule has 0 saturated carbocycles. The van der Waals surface area contributed by atoms with E-state index in [1.54, 1.807) is 19.1 Å². The normalized spacial score (nSPS) is 11.8. The molecular weight excluding hydrogens is 249 g/mol. The van der Waals surface area contributed by atoms with Gasteiger partial charge in [-0.05, 0) is 18.6 Å². The van der Waals surface area contributed by atoms with E-state index in [1.165, 1.54) is 12.1 Å². The van der Waals surface area contributed by atoms with E-state index in [9.17, 15) is 18.0 Å². The van der Waals surface area contributed by atoms with Crippen molar-refractivity contribution in [3.05, 3.63) is 35.4 Å². The molecule has 0 aromatic heterocycles. The minimum atomic E-state index is -4.43. The first-order valence-electron chi connectivity index (χ1n) is 5.00. The molecular formula is C12H11F3O3. The molecule has 0 aliphatic rings. The number of carboxylic acid groups (broad SMARTS) is 1. The van der Waals surface area contributed by atoms with E-state index in [2.05, 4.69) is 0 Å². The smallest absolute Gasteiger partial charge is 0.422 e. The SMILES string of the molecule is Cc1cccc(/C=C/C(=O)O)c1OCC(F)(F)F. The lowest BCUT2D eigenvalue weighted by molar-refractivity contribution is -0.153. The van der Waals surface area contributed by atoms with Crippen molar-refractivity contribution in [2.24, 2.45) is 0 Å². The number of benzene rings is 1. The average Bonchev–Trinajstić information content (AvgIpc) is 2.23. The maximum Gasteiger partial charge on any atom is 0.422 e. The van der Waals surface area contributed by atoms with Crippen LogP contribution < -0.4 is 4.74 Å². The zero-order chi connectivity index (χ0) is 13.8. The average molecular weight is 260 g/mol. The van der Waals surface area contributed by atoms with E-state index in [0.717, 1.165) is 6.08 Å². The van der Waals surface area contributed by atoms with Crippen molar-refractivity contribution in [1.82, 2.24) is 0 Å². The van der Waals surface area contributed by atoms with Crippen LogP contribution in [0.3, 0.4) is 0 Å². The predicted octanol–water partition coefficient (Wildman–Crippen LogP) is 3.03. The van der Waals surface area contributed by atoms with Gasteiger partial charge in [0.15, 0.2) is 6.61 Å². The molecule has 0 aliphatic heterocycles. The van der Waals surface area contributed by atoms with E-state index in [0.29, 0.717) is 11.1 Å². The van der Waals surface area contributed by atoms with Gasteiger partial charge in [-0.1, -0.05) is 18.2 Å². The van der Waals surface area contributed by atoms with E-state index < -0.39 is 18.8 Å². The summed E-state index contributed by atoms with van der Waals surface area (Å²) < 4.78 is 40.9. The summed E-state index contributed by atoms with van der Waals surface area (Å²) in [5.41, 5.74) is 0.799. The topological polar surface area (TPSA) is 46.5 Å². The fourth-order valence-corrected chi connectivity index (χ4v) is 1.32. The summed E-state index contributed by atoms with van der Waals surface area (Å²) in [6.45, 7) is 0.176. The molecule has 0 aliphatic carbocycles. The van der Waals surface area contributed by atoms with Crippen molar-refractivity contribution >= 4 is 12.0 Å². The molecule has 6 heteroatoms. The van der Waals surface area contributed by atoms with Crippen molar-refractivity contribution in [3.63, 3.8) is 0 Å². The summed E-state index contributed by atoms with van der Waals surface area (Å²) in [5, 5.41) is 8.49. The van der Waals surface area contributed by atoms with Gasteiger partial charge in [-0.15, -0.1) is 0 Å². The highest BCUT2D eigenvalue weighted by molar-refractivity contribution is 5.86. The first-order valence-corrected chi connectivity index (χ1v) is 5.00. The number of hydrogen-bond donors (Lipinski definition) is 1. The van der Waals surface area contributed by atoms with Crippen molar-refractivity contribution < 1.29 is 27.8 Å². The van der Waals surface area contributed by atoms with Crippen LogP contribution in [-0.4, -0.2) is 23.9 Å². The van der Waals surface area contributed by atoms with Crippen molar-refractivity contribution in [2.45, 2.75) is 13.1 Å². The molecule has 0 unspecified atom stereocenters. The minimum Gasteiger partial charge on any atom is -0.483 e. The second-order valence-corrected chi connectivity index (χ2v) is 3.57. The Labute approximate surface area is 101 Å². The Kier molecular flexibility index (Phi) is 4.36. The van der Waals surface area contributed by atoms with E-state index >= 15 is 0 Å². The Morgan fingerprint density at radius 2 is 2.11 bits per heavy atom. The summed E-state index contributed by atoms with van der Waals surface area (Å²) in [4.78, 5) is 10.4. The standard InChI is InChI=1S/C12H11F3O3/c1-8-3-2-4-9(5-6-10(16)17)11(8)18-7-12(13,14)15/h2-6H,7H2,1H3,(H,16,17)/b6-5+. The van der Waals surface area contributed by atoms with Crippen molar-refractivity contribution in [2.75, 3.05) is 6.61 Å². The zero-order valence-electron chi connectivity index (χ0n) is 9.49. The van der Waals surface area contributed by atoms with Crippen LogP contribution in [0.15, 0.2) is 24.3 Å². The van der Waals surface area contributed by atoms with E-state index in [4.69, 9.17) is 9.84 Å². The van der Waals surface area contributed by atoms with Gasteiger partial charge in [0.05, 0.1) is 0 Å². The fourth-order valence-electron chi connectivity index (χ4n) is 1.32. The Morgan fingerprint density at radius 1 is 1.44 bits per heavy atom. The van der Waals surface area contributed by atoms with Crippen LogP contribution >= 0.6 is 0 Å². The van der Waals surface area contributed by atoms with Crippen LogP contribution in [0.4, 0.5) is 13.2 Å². The molecule has 0 saturated heterocycles. The third-order valence-corrected chi connectivity index (χ3v) is 2.03. The van der Waals surface area contributed by atoms with Crippen molar-refractivity contribution in [3.8, 4) is 5.75 Å². The third kappa shape index (κ3) is 4.48. The Morgan fingerprint density at radius 3 is 2.67 bits per heavy atom. The summed E-state index contributed by atoms with van der Waals surface area (Å²) in [5.74, 6) is -1.15. The van der Waals surface area contributed by atoms with Crippen LogP contribution in [0.2, 0.25) is 0 Å². The first kappa shape index (κ1) is 14.1. The van der Waals surface area contributed by atoms with Gasteiger partial charge in [-0.3, -0.25) is 0 Å². The van der Waals surface area contributed by atoms with Gasteiger partial charge in [-0.25, -0.2) is 4.79 Å². The Balaban J connectivity index is 2.97. The molecule has 0 spiro atoms. The third-order valence-electron chi connectivity index (χ3n) is 2.03. The van der Waals surface area contributed by atoms with E-state index in [-0.39, 0.29) is 5.75 Å². The highest BCUT2D eigenvalue weighted by Crippen LogP contribution is 2.27. The van der Waals surface area contributed by atoms with Gasteiger partial charge in [-0.2, -0.15) is 13.2 Å². The number of halogens is 3. The summed E-state index contributed by atoms with van der Waals surface area (Å²) in [6.07, 6.45) is -2.40. The lowest BCUT2D eigenvalue weighted by atomic mass is 10.1. The fraction of sp³-hybridized carbons (Fsp3) is 0.250. The number of aryl methyl sites for hydroxylation is 1. The Hall–Kier alpha value is -1.98. The molecule has 0 amide bonds. The number of rotatable bonds is 4. The van der Waals surface area contributed by atoms with Gasteiger partial charge in [0.25, 0.3) is 0 Å². The molecule has 1 N–H and O–H groups in total. The van der Waals surface area contributed by atoms with E-state index in [1.807, 2.05) is 0 Å². The van der Waals surface area contributed by atoms with Gasteiger partial charge in [0.2, 0.25) is 0 Å². The molecule has 0 radical (unpaired) electrons. The predicted molar refractivity (Wildman–Crippen MR) is 59.4 cm³/mol. The van der Waals surface area contributed by atoms with Crippen LogP contribution in [-0.2, 0) is 4.79 Å². The maximum absolute atomic E-state index is 12.1. The minimum absolute atomic E-state index is 0.0346. The highest BCUT2D eigenvalue weighted by Gasteiger charge is 2.29. The molecule has 0 heterocycles. The molecule has 18 heavy (non-hydrogen) atoms. The number of alkyl halides is 3. The van der Waals surface area contributed by atoms with Crippen LogP contribution in [0.5, 0.6) is 5.75 Å². The van der Waals surface area contributed by atoms with Crippen molar-refractivity contribution in [1.29, 1.82) is 0 Å². The second-order valence-electron chi connectivity index (χ2n) is 3.57. The van der Waals surface area contributed by atoms with Gasteiger partial charge in [0, 0.05) is 11.6 Å². The second kappa shape index (κ2) is 5.57. The molecule has 0 atom stereocenters. The zero-order valence-corrected chi connectivity index (χ0v) is 9.49. The number of aliphatic carboxylic acids is 1. The number of ether oxygens (including phenoxy) is 1. The number of carbonyl (C=O) groups is 1. The molecule has 1 rings (SSSR count). The lowest BCUT2D eigenvalue weighted by Gasteiger charge is -2.13. The van der Waals surface area contributed by atoms with Crippen LogP contribution in [0, 0.1) is 6.92 Å². The monoisotopic (exact) mass is 260 g/mol. The quantitative estimate of drug-likeness (QED) is 0.846. The maximum atomic E-state index is 12.1. The summed E-state index contributed by atoms with van der Waals surface area (Å²) in [6, 6.07) is 4.68. The molecule has 0 fully saturated rings. The summed E-state index contributed by atoms with van der Waals surface area (Å²) in [7, 11) is 0. The molecule has 0 bridgehead atoms. The number of hydrogen-bond acceptors (Lipinski definition) is 2. The molecule has 3 nitrogen and oxygen atoms in total. The first-order chi connectivity index (χ1) is 8.29. The molecule has 98 valence electrons. The molecule has 1 aromatic rings. The largest absolute Gasteiger partial charge is 0.483 e. The lowest BCUT2D eigenvalue weighted by Crippen LogP contribution is -2.19. The molecule has 1 aromatic carbocycles. The summed E-state index contributed by atoms with van der Waals surface area (Å²) >= 11 is 0. The Bertz CT molecular complexity index is 464. The number of carboxylic acids is 1. The highest BCUT2D eigenvalue weighted by atomic mass is 19.4. The number of para-hydroxylation sites is 1. The van der Waals surface area contributed by atoms with Gasteiger partial charge >= 0.3 is 12.1 Å². The van der Waals surface area contributed by atoms with Gasteiger partial charge < -0.3 is 9.84 Å². The van der Waals surface area contributed by atoms with Crippen LogP contribution in [0.25, 0.3) is 6.08 Å².